The van der Waals surface area contributed by atoms with Gasteiger partial charge in [-0.05, 0) is 37.3 Å². The zero-order chi connectivity index (χ0) is 22.3. The minimum atomic E-state index is -3.80. The molecule has 164 valence electrons. The number of amides is 1. The molecule has 10 heteroatoms. The molecule has 0 spiro atoms. The van der Waals surface area contributed by atoms with Gasteiger partial charge in [0.25, 0.3) is 5.91 Å². The van der Waals surface area contributed by atoms with E-state index in [1.165, 1.54) is 28.6 Å². The summed E-state index contributed by atoms with van der Waals surface area (Å²) in [6.45, 7) is 5.76. The van der Waals surface area contributed by atoms with E-state index in [1.807, 2.05) is 0 Å². The predicted molar refractivity (Wildman–Crippen MR) is 113 cm³/mol. The van der Waals surface area contributed by atoms with Gasteiger partial charge in [0, 0.05) is 24.8 Å². The Bertz CT molecular complexity index is 997. The molecule has 0 aromatic heterocycles. The highest BCUT2D eigenvalue weighted by Crippen LogP contribution is 2.30. The van der Waals surface area contributed by atoms with Crippen LogP contribution in [-0.4, -0.2) is 44.9 Å². The summed E-state index contributed by atoms with van der Waals surface area (Å²) in [5.74, 6) is -0.678. The first kappa shape index (κ1) is 23.9. The summed E-state index contributed by atoms with van der Waals surface area (Å²) in [7, 11) is -3.80. The summed E-state index contributed by atoms with van der Waals surface area (Å²) in [6, 6.07) is 8.13. The number of anilines is 1. The van der Waals surface area contributed by atoms with Crippen LogP contribution in [0.15, 0.2) is 41.3 Å². The Balaban J connectivity index is 2.19. The molecule has 1 amide bonds. The van der Waals surface area contributed by atoms with Gasteiger partial charge in [0.1, 0.15) is 22.2 Å². The maximum atomic E-state index is 13.2. The van der Waals surface area contributed by atoms with Gasteiger partial charge in [-0.3, -0.25) is 4.79 Å². The van der Waals surface area contributed by atoms with Crippen LogP contribution in [0.25, 0.3) is 0 Å². The van der Waals surface area contributed by atoms with E-state index in [-0.39, 0.29) is 33.7 Å². The third kappa shape index (κ3) is 5.84. The van der Waals surface area contributed by atoms with Gasteiger partial charge in [0.05, 0.1) is 11.6 Å². The molecular formula is C20H24ClFN2O5S. The second-order valence-corrected chi connectivity index (χ2v) is 8.41. The number of benzene rings is 2. The quantitative estimate of drug-likeness (QED) is 0.583. The second-order valence-electron chi connectivity index (χ2n) is 6.10. The average molecular weight is 459 g/mol. The molecule has 0 aliphatic rings. The average Bonchev–Trinajstić information content (AvgIpc) is 2.71. The normalized spacial score (nSPS) is 11.4. The number of sulfonamides is 1. The van der Waals surface area contributed by atoms with Crippen molar-refractivity contribution in [2.24, 2.45) is 0 Å². The molecule has 0 atom stereocenters. The fourth-order valence-electron chi connectivity index (χ4n) is 2.68. The van der Waals surface area contributed by atoms with Crippen LogP contribution < -0.4 is 14.8 Å². The number of carbonyl (C=O) groups is 1. The van der Waals surface area contributed by atoms with Gasteiger partial charge in [-0.25, -0.2) is 12.8 Å². The first-order chi connectivity index (χ1) is 14.2. The third-order valence-corrected chi connectivity index (χ3v) is 6.47. The second kappa shape index (κ2) is 10.6. The minimum Gasteiger partial charge on any atom is -0.492 e. The Hall–Kier alpha value is -2.36. The first-order valence-corrected chi connectivity index (χ1v) is 11.2. The molecule has 2 aromatic carbocycles. The Morgan fingerprint density at radius 1 is 1.10 bits per heavy atom. The van der Waals surface area contributed by atoms with Gasteiger partial charge in [-0.1, -0.05) is 25.4 Å². The van der Waals surface area contributed by atoms with Crippen molar-refractivity contribution in [2.75, 3.05) is 31.6 Å². The Kier molecular flexibility index (Phi) is 8.45. The Morgan fingerprint density at radius 3 is 2.40 bits per heavy atom. The number of ether oxygens (including phenoxy) is 2. The van der Waals surface area contributed by atoms with Crippen LogP contribution in [0, 0.1) is 5.82 Å². The van der Waals surface area contributed by atoms with E-state index >= 15 is 0 Å². The largest absolute Gasteiger partial charge is 0.492 e. The van der Waals surface area contributed by atoms with Crippen molar-refractivity contribution in [3.8, 4) is 11.5 Å². The predicted octanol–water partition coefficient (Wildman–Crippen LogP) is 3.93. The lowest BCUT2D eigenvalue weighted by Gasteiger charge is -2.21. The van der Waals surface area contributed by atoms with Crippen molar-refractivity contribution in [1.82, 2.24) is 4.31 Å². The molecule has 2 aromatic rings. The summed E-state index contributed by atoms with van der Waals surface area (Å²) < 4.78 is 51.2. The molecular weight excluding hydrogens is 435 g/mol. The number of rotatable bonds is 10. The molecule has 0 aliphatic heterocycles. The number of hydrogen-bond donors (Lipinski definition) is 1. The lowest BCUT2D eigenvalue weighted by atomic mass is 10.3. The lowest BCUT2D eigenvalue weighted by molar-refractivity contribution is -0.118. The Labute approximate surface area is 180 Å². The topological polar surface area (TPSA) is 84.9 Å². The monoisotopic (exact) mass is 458 g/mol. The summed E-state index contributed by atoms with van der Waals surface area (Å²) >= 11 is 5.68. The molecule has 0 heterocycles. The van der Waals surface area contributed by atoms with E-state index in [0.29, 0.717) is 19.7 Å². The van der Waals surface area contributed by atoms with E-state index in [1.54, 1.807) is 26.8 Å². The van der Waals surface area contributed by atoms with Gasteiger partial charge >= 0.3 is 0 Å². The number of nitrogens with one attached hydrogen (secondary N) is 1. The van der Waals surface area contributed by atoms with Crippen LogP contribution in [-0.2, 0) is 14.8 Å². The van der Waals surface area contributed by atoms with Crippen molar-refractivity contribution in [3.63, 3.8) is 0 Å². The molecule has 30 heavy (non-hydrogen) atoms. The summed E-state index contributed by atoms with van der Waals surface area (Å²) in [4.78, 5) is 12.2. The van der Waals surface area contributed by atoms with Crippen molar-refractivity contribution < 1.29 is 27.1 Å². The fraction of sp³-hybridized carbons (Fsp3) is 0.350. The molecule has 0 saturated heterocycles. The fourth-order valence-corrected chi connectivity index (χ4v) is 4.46. The van der Waals surface area contributed by atoms with Crippen LogP contribution in [0.4, 0.5) is 10.1 Å². The molecule has 0 saturated carbocycles. The number of halogens is 2. The molecule has 0 unspecified atom stereocenters. The highest BCUT2D eigenvalue weighted by molar-refractivity contribution is 7.89. The van der Waals surface area contributed by atoms with Crippen molar-refractivity contribution in [2.45, 2.75) is 25.7 Å². The molecule has 0 aliphatic carbocycles. The minimum absolute atomic E-state index is 0.0305. The van der Waals surface area contributed by atoms with Gasteiger partial charge in [-0.2, -0.15) is 4.31 Å². The molecule has 7 nitrogen and oxygen atoms in total. The van der Waals surface area contributed by atoms with Crippen LogP contribution >= 0.6 is 11.6 Å². The van der Waals surface area contributed by atoms with Gasteiger partial charge in [0.2, 0.25) is 10.0 Å². The molecule has 1 N–H and O–H groups in total. The highest BCUT2D eigenvalue weighted by atomic mass is 35.5. The number of nitrogens with zero attached hydrogens (tertiary/aromatic N) is 1. The highest BCUT2D eigenvalue weighted by Gasteiger charge is 2.26. The van der Waals surface area contributed by atoms with E-state index in [0.717, 1.165) is 6.07 Å². The number of carbonyl (C=O) groups excluding carboxylic acids is 1. The Morgan fingerprint density at radius 2 is 1.80 bits per heavy atom. The van der Waals surface area contributed by atoms with Crippen molar-refractivity contribution in [1.29, 1.82) is 0 Å². The smallest absolute Gasteiger partial charge is 0.262 e. The van der Waals surface area contributed by atoms with E-state index in [9.17, 15) is 17.6 Å². The van der Waals surface area contributed by atoms with E-state index in [4.69, 9.17) is 21.1 Å². The first-order valence-electron chi connectivity index (χ1n) is 9.37. The van der Waals surface area contributed by atoms with Gasteiger partial charge in [-0.15, -0.1) is 0 Å². The van der Waals surface area contributed by atoms with Crippen LogP contribution in [0.2, 0.25) is 5.02 Å². The molecule has 0 radical (unpaired) electrons. The SMILES string of the molecule is CCOc1ccc(NC(=O)COc2ccc(F)c(Cl)c2)cc1S(=O)(=O)N(CC)CC. The van der Waals surface area contributed by atoms with Crippen molar-refractivity contribution >= 4 is 33.2 Å². The third-order valence-electron chi connectivity index (χ3n) is 4.11. The maximum Gasteiger partial charge on any atom is 0.262 e. The van der Waals surface area contributed by atoms with Gasteiger partial charge in [0.15, 0.2) is 6.61 Å². The van der Waals surface area contributed by atoms with Crippen molar-refractivity contribution in [3.05, 3.63) is 47.2 Å². The molecule has 2 rings (SSSR count). The zero-order valence-electron chi connectivity index (χ0n) is 16.9. The van der Waals surface area contributed by atoms with Gasteiger partial charge < -0.3 is 14.8 Å². The summed E-state index contributed by atoms with van der Waals surface area (Å²) in [5.41, 5.74) is 0.273. The zero-order valence-corrected chi connectivity index (χ0v) is 18.5. The summed E-state index contributed by atoms with van der Waals surface area (Å²) in [5, 5.41) is 2.47. The molecule has 0 fully saturated rings. The summed E-state index contributed by atoms with van der Waals surface area (Å²) in [6.07, 6.45) is 0. The van der Waals surface area contributed by atoms with E-state index < -0.39 is 21.7 Å². The van der Waals surface area contributed by atoms with Crippen LogP contribution in [0.3, 0.4) is 0 Å². The lowest BCUT2D eigenvalue weighted by Crippen LogP contribution is -2.31. The standard InChI is InChI=1S/C20H24ClFN2O5S/c1-4-24(5-2)30(26,27)19-11-14(7-10-18(19)28-6-3)23-20(25)13-29-15-8-9-17(22)16(21)12-15/h7-12H,4-6,13H2,1-3H3,(H,23,25). The van der Waals surface area contributed by atoms with Crippen LogP contribution in [0.1, 0.15) is 20.8 Å². The maximum absolute atomic E-state index is 13.2. The van der Waals surface area contributed by atoms with Crippen LogP contribution in [0.5, 0.6) is 11.5 Å². The number of hydrogen-bond acceptors (Lipinski definition) is 5. The molecule has 0 bridgehead atoms. The van der Waals surface area contributed by atoms with E-state index in [2.05, 4.69) is 5.32 Å².